The molecule has 2 aromatic rings. The summed E-state index contributed by atoms with van der Waals surface area (Å²) in [6.45, 7) is 2.07. The minimum absolute atomic E-state index is 0.0175. The van der Waals surface area contributed by atoms with Gasteiger partial charge >= 0.3 is 12.0 Å². The molecule has 3 rings (SSSR count). The van der Waals surface area contributed by atoms with E-state index in [9.17, 15) is 9.59 Å². The van der Waals surface area contributed by atoms with Crippen LogP contribution in [0.3, 0.4) is 0 Å². The van der Waals surface area contributed by atoms with Crippen molar-refractivity contribution in [2.75, 3.05) is 33.2 Å². The fraction of sp³-hybridized carbons (Fsp3) is 0.500. The van der Waals surface area contributed by atoms with Crippen LogP contribution in [-0.2, 0) is 11.2 Å². The number of aliphatic carboxylic acids is 1. The van der Waals surface area contributed by atoms with Gasteiger partial charge in [-0.15, -0.1) is 11.3 Å². The third kappa shape index (κ3) is 5.20. The molecule has 0 bridgehead atoms. The Kier molecular flexibility index (Phi) is 6.68. The van der Waals surface area contributed by atoms with E-state index >= 15 is 0 Å². The first-order valence-corrected chi connectivity index (χ1v) is 10.3. The molecule has 146 valence electrons. The quantitative estimate of drug-likeness (QED) is 0.797. The molecule has 6 nitrogen and oxygen atoms in total. The Labute approximate surface area is 163 Å². The zero-order valence-electron chi connectivity index (χ0n) is 15.7. The lowest BCUT2D eigenvalue weighted by molar-refractivity contribution is -0.138. The zero-order chi connectivity index (χ0) is 19.2. The maximum Gasteiger partial charge on any atom is 0.317 e. The third-order valence-corrected chi connectivity index (χ3v) is 6.24. The summed E-state index contributed by atoms with van der Waals surface area (Å²) in [5.74, 6) is -0.808. The highest BCUT2D eigenvalue weighted by molar-refractivity contribution is 7.17. The molecule has 1 aromatic carbocycles. The summed E-state index contributed by atoms with van der Waals surface area (Å²) >= 11 is 1.74. The van der Waals surface area contributed by atoms with Crippen molar-refractivity contribution in [3.63, 3.8) is 0 Å². The van der Waals surface area contributed by atoms with Gasteiger partial charge in [0.05, 0.1) is 6.54 Å². The van der Waals surface area contributed by atoms with Gasteiger partial charge in [-0.05, 0) is 55.1 Å². The van der Waals surface area contributed by atoms with Crippen molar-refractivity contribution in [3.05, 3.63) is 35.2 Å². The number of carboxylic acids is 1. The van der Waals surface area contributed by atoms with Crippen molar-refractivity contribution in [3.8, 4) is 0 Å². The maximum atomic E-state index is 12.5. The van der Waals surface area contributed by atoms with E-state index in [0.717, 1.165) is 32.2 Å². The van der Waals surface area contributed by atoms with E-state index in [1.807, 2.05) is 29.0 Å². The molecule has 2 amide bonds. The minimum Gasteiger partial charge on any atom is -0.480 e. The van der Waals surface area contributed by atoms with Gasteiger partial charge in [0.25, 0.3) is 0 Å². The smallest absolute Gasteiger partial charge is 0.317 e. The van der Waals surface area contributed by atoms with Crippen LogP contribution in [0, 0.1) is 0 Å². The molecule has 7 heteroatoms. The Morgan fingerprint density at radius 1 is 1.30 bits per heavy atom. The van der Waals surface area contributed by atoms with E-state index in [-0.39, 0.29) is 18.6 Å². The van der Waals surface area contributed by atoms with Gasteiger partial charge in [0, 0.05) is 30.4 Å². The Morgan fingerprint density at radius 2 is 2.11 bits per heavy atom. The first-order valence-electron chi connectivity index (χ1n) is 9.44. The zero-order valence-corrected chi connectivity index (χ0v) is 16.5. The number of carbonyl (C=O) groups excluding carboxylic acids is 1. The normalized spacial score (nSPS) is 17.9. The monoisotopic (exact) mass is 389 g/mol. The lowest BCUT2D eigenvalue weighted by atomic mass is 10.1. The number of fused-ring (bicyclic) bond motifs is 1. The topological polar surface area (TPSA) is 72.9 Å². The molecule has 0 aliphatic carbocycles. The number of hydrogen-bond acceptors (Lipinski definition) is 4. The van der Waals surface area contributed by atoms with E-state index in [2.05, 4.69) is 22.8 Å². The van der Waals surface area contributed by atoms with Gasteiger partial charge in [0.2, 0.25) is 0 Å². The number of likely N-dealkylation sites (N-methyl/N-ethyl adjacent to an activating group) is 1. The van der Waals surface area contributed by atoms with Gasteiger partial charge in [-0.3, -0.25) is 9.69 Å². The number of hydrogen-bond donors (Lipinski definition) is 2. The molecule has 1 aromatic heterocycles. The second-order valence-electron chi connectivity index (χ2n) is 7.12. The molecule has 0 radical (unpaired) electrons. The number of urea groups is 1. The molecule has 1 atom stereocenters. The van der Waals surface area contributed by atoms with Crippen molar-refractivity contribution in [1.29, 1.82) is 0 Å². The molecule has 1 saturated heterocycles. The molecule has 1 aliphatic rings. The van der Waals surface area contributed by atoms with Crippen LogP contribution in [0.15, 0.2) is 29.6 Å². The molecule has 2 heterocycles. The van der Waals surface area contributed by atoms with E-state index < -0.39 is 5.97 Å². The minimum atomic E-state index is -0.808. The molecule has 1 unspecified atom stereocenters. The van der Waals surface area contributed by atoms with Crippen LogP contribution < -0.4 is 5.32 Å². The third-order valence-electron chi connectivity index (χ3n) is 5.22. The fourth-order valence-electron chi connectivity index (χ4n) is 3.71. The second-order valence-corrected chi connectivity index (χ2v) is 8.03. The largest absolute Gasteiger partial charge is 0.480 e. The van der Waals surface area contributed by atoms with Gasteiger partial charge < -0.3 is 15.3 Å². The molecule has 0 spiro atoms. The van der Waals surface area contributed by atoms with Crippen LogP contribution in [0.25, 0.3) is 10.1 Å². The van der Waals surface area contributed by atoms with Crippen molar-refractivity contribution in [2.45, 2.75) is 31.7 Å². The SMILES string of the molecule is CN(CC(=O)O)C1CCCN(C(=O)NCCc2csc3ccccc23)CC1. The number of rotatable bonds is 6. The summed E-state index contributed by atoms with van der Waals surface area (Å²) in [6, 6.07) is 8.55. The highest BCUT2D eigenvalue weighted by atomic mass is 32.1. The van der Waals surface area contributed by atoms with Crippen LogP contribution in [0.4, 0.5) is 4.79 Å². The van der Waals surface area contributed by atoms with Gasteiger partial charge in [0.1, 0.15) is 0 Å². The van der Waals surface area contributed by atoms with Crippen molar-refractivity contribution >= 4 is 33.4 Å². The Balaban J connectivity index is 1.46. The Morgan fingerprint density at radius 3 is 2.93 bits per heavy atom. The van der Waals surface area contributed by atoms with E-state index in [1.165, 1.54) is 15.6 Å². The van der Waals surface area contributed by atoms with E-state index in [0.29, 0.717) is 13.1 Å². The van der Waals surface area contributed by atoms with E-state index in [1.54, 1.807) is 11.3 Å². The summed E-state index contributed by atoms with van der Waals surface area (Å²) in [5, 5.41) is 15.4. The van der Waals surface area contributed by atoms with Crippen molar-refractivity contribution in [1.82, 2.24) is 15.1 Å². The lowest BCUT2D eigenvalue weighted by Gasteiger charge is -2.25. The van der Waals surface area contributed by atoms with Crippen LogP contribution in [0.1, 0.15) is 24.8 Å². The average molecular weight is 390 g/mol. The highest BCUT2D eigenvalue weighted by Crippen LogP contribution is 2.25. The maximum absolute atomic E-state index is 12.5. The molecule has 1 aliphatic heterocycles. The summed E-state index contributed by atoms with van der Waals surface area (Å²) in [6.07, 6.45) is 3.46. The number of benzene rings is 1. The van der Waals surface area contributed by atoms with Gasteiger partial charge in [0.15, 0.2) is 0 Å². The Hall–Kier alpha value is -2.12. The number of nitrogens with zero attached hydrogens (tertiary/aromatic N) is 2. The number of thiophene rings is 1. The number of likely N-dealkylation sites (tertiary alicyclic amines) is 1. The number of carboxylic acid groups (broad SMARTS) is 1. The van der Waals surface area contributed by atoms with Gasteiger partial charge in [-0.1, -0.05) is 18.2 Å². The first kappa shape index (κ1) is 19.6. The van der Waals surface area contributed by atoms with Crippen LogP contribution in [-0.4, -0.2) is 66.2 Å². The lowest BCUT2D eigenvalue weighted by Crippen LogP contribution is -2.42. The average Bonchev–Trinajstić information content (AvgIpc) is 2.88. The molecule has 27 heavy (non-hydrogen) atoms. The summed E-state index contributed by atoms with van der Waals surface area (Å²) in [4.78, 5) is 27.1. The summed E-state index contributed by atoms with van der Waals surface area (Å²) < 4.78 is 1.28. The predicted octanol–water partition coefficient (Wildman–Crippen LogP) is 3.02. The van der Waals surface area contributed by atoms with Crippen LogP contribution in [0.2, 0.25) is 0 Å². The Bertz CT molecular complexity index is 792. The van der Waals surface area contributed by atoms with Gasteiger partial charge in [-0.2, -0.15) is 0 Å². The number of nitrogens with one attached hydrogen (secondary N) is 1. The van der Waals surface area contributed by atoms with Crippen LogP contribution >= 0.6 is 11.3 Å². The summed E-state index contributed by atoms with van der Waals surface area (Å²) in [5.41, 5.74) is 1.28. The molecule has 2 N–H and O–H groups in total. The molecular weight excluding hydrogens is 362 g/mol. The fourth-order valence-corrected chi connectivity index (χ4v) is 4.70. The van der Waals surface area contributed by atoms with Crippen molar-refractivity contribution < 1.29 is 14.7 Å². The predicted molar refractivity (Wildman–Crippen MR) is 108 cm³/mol. The van der Waals surface area contributed by atoms with Crippen LogP contribution in [0.5, 0.6) is 0 Å². The standard InChI is InChI=1S/C20H27N3O3S/c1-22(13-19(24)25)16-5-4-11-23(12-9-16)20(26)21-10-8-15-14-27-18-7-3-2-6-17(15)18/h2-3,6-7,14,16H,4-5,8-13H2,1H3,(H,21,26)(H,24,25). The summed E-state index contributed by atoms with van der Waals surface area (Å²) in [7, 11) is 1.85. The highest BCUT2D eigenvalue weighted by Gasteiger charge is 2.23. The molecule has 1 fully saturated rings. The number of amides is 2. The molecular formula is C20H27N3O3S. The number of carbonyl (C=O) groups is 2. The van der Waals surface area contributed by atoms with Gasteiger partial charge in [-0.25, -0.2) is 4.79 Å². The second kappa shape index (κ2) is 9.19. The van der Waals surface area contributed by atoms with E-state index in [4.69, 9.17) is 5.11 Å². The molecule has 0 saturated carbocycles. The first-order chi connectivity index (χ1) is 13.0. The van der Waals surface area contributed by atoms with Crippen molar-refractivity contribution in [2.24, 2.45) is 0 Å².